The molecular weight excluding hydrogens is 437 g/mol. The molecule has 0 N–H and O–H groups in total. The molecule has 0 radical (unpaired) electrons. The maximum atomic E-state index is 7.08. The van der Waals surface area contributed by atoms with Gasteiger partial charge in [-0.15, -0.1) is 0 Å². The first-order valence-corrected chi connectivity index (χ1v) is 20.7. The molecule has 1 aliphatic rings. The van der Waals surface area contributed by atoms with Crippen LogP contribution >= 0.6 is 0 Å². The summed E-state index contributed by atoms with van der Waals surface area (Å²) < 4.78 is 26.8. The van der Waals surface area contributed by atoms with Crippen molar-refractivity contribution in [3.05, 3.63) is 12.3 Å². The van der Waals surface area contributed by atoms with E-state index in [4.69, 9.17) is 18.0 Å². The third kappa shape index (κ3) is 7.27. The van der Waals surface area contributed by atoms with Crippen LogP contribution < -0.4 is 0 Å². The summed E-state index contributed by atoms with van der Waals surface area (Å²) in [6, 6.07) is 6.80. The van der Waals surface area contributed by atoms with Crippen molar-refractivity contribution in [3.63, 3.8) is 0 Å². The zero-order valence-electron chi connectivity index (χ0n) is 22.5. The van der Waals surface area contributed by atoms with Crippen LogP contribution in [-0.4, -0.2) is 49.9 Å². The SMILES string of the molecule is CC[Si](CC)(CC)O[C@@H]1[C@@H](O[Si](CC)(CC)CC)C=CO[C@@H]1CO[Si](C)(C)C(C)(C)C. The number of rotatable bonds is 13. The van der Waals surface area contributed by atoms with E-state index in [1.165, 1.54) is 0 Å². The van der Waals surface area contributed by atoms with E-state index < -0.39 is 25.0 Å². The van der Waals surface area contributed by atoms with Gasteiger partial charge in [0, 0.05) is 0 Å². The van der Waals surface area contributed by atoms with Crippen LogP contribution in [0.25, 0.3) is 0 Å². The van der Waals surface area contributed by atoms with Crippen LogP contribution in [0.5, 0.6) is 0 Å². The van der Waals surface area contributed by atoms with Crippen LogP contribution in [0.2, 0.25) is 54.4 Å². The van der Waals surface area contributed by atoms with Gasteiger partial charge in [0.2, 0.25) is 0 Å². The smallest absolute Gasteiger partial charge is 0.193 e. The van der Waals surface area contributed by atoms with Crippen molar-refractivity contribution < 1.29 is 18.0 Å². The van der Waals surface area contributed by atoms with Gasteiger partial charge in [0.05, 0.1) is 19.0 Å². The fraction of sp³-hybridized carbons (Fsp3) is 0.917. The third-order valence-corrected chi connectivity index (χ3v) is 22.0. The number of hydrogen-bond donors (Lipinski definition) is 0. The van der Waals surface area contributed by atoms with Gasteiger partial charge in [-0.25, -0.2) is 0 Å². The van der Waals surface area contributed by atoms with Crippen LogP contribution in [0, 0.1) is 0 Å². The highest BCUT2D eigenvalue weighted by atomic mass is 28.4. The van der Waals surface area contributed by atoms with Gasteiger partial charge in [-0.3, -0.25) is 0 Å². The van der Waals surface area contributed by atoms with Crippen molar-refractivity contribution >= 4 is 25.0 Å². The van der Waals surface area contributed by atoms with Gasteiger partial charge in [-0.05, 0) is 60.5 Å². The lowest BCUT2D eigenvalue weighted by Gasteiger charge is -2.45. The first-order valence-electron chi connectivity index (χ1n) is 12.7. The van der Waals surface area contributed by atoms with E-state index in [1.807, 2.05) is 6.26 Å². The van der Waals surface area contributed by atoms with E-state index in [9.17, 15) is 0 Å². The van der Waals surface area contributed by atoms with Gasteiger partial charge in [0.1, 0.15) is 12.2 Å². The van der Waals surface area contributed by atoms with Gasteiger partial charge in [0.15, 0.2) is 25.0 Å². The Hall–Kier alpha value is 0.0706. The predicted molar refractivity (Wildman–Crippen MR) is 141 cm³/mol. The maximum absolute atomic E-state index is 7.08. The van der Waals surface area contributed by atoms with E-state index in [2.05, 4.69) is 81.5 Å². The fourth-order valence-electron chi connectivity index (χ4n) is 4.09. The average Bonchev–Trinajstić information content (AvgIpc) is 2.75. The second-order valence-corrected chi connectivity index (χ2v) is 25.0. The number of hydrogen-bond acceptors (Lipinski definition) is 4. The van der Waals surface area contributed by atoms with E-state index in [0.29, 0.717) is 6.61 Å². The topological polar surface area (TPSA) is 36.9 Å². The Morgan fingerprint density at radius 2 is 1.23 bits per heavy atom. The molecular formula is C24H52O4Si3. The number of ether oxygens (including phenoxy) is 1. The molecule has 1 heterocycles. The lowest BCUT2D eigenvalue weighted by atomic mass is 10.1. The molecule has 1 aliphatic heterocycles. The van der Waals surface area contributed by atoms with Crippen LogP contribution in [0.4, 0.5) is 0 Å². The molecule has 184 valence electrons. The average molecular weight is 489 g/mol. The van der Waals surface area contributed by atoms with E-state index in [-0.39, 0.29) is 23.4 Å². The van der Waals surface area contributed by atoms with Crippen molar-refractivity contribution in [2.24, 2.45) is 0 Å². The molecule has 0 spiro atoms. The summed E-state index contributed by atoms with van der Waals surface area (Å²) in [6.45, 7) is 25.8. The Bertz CT molecular complexity index is 535. The predicted octanol–water partition coefficient (Wildman–Crippen LogP) is 7.70. The van der Waals surface area contributed by atoms with Gasteiger partial charge in [0.25, 0.3) is 0 Å². The first kappa shape index (κ1) is 29.1. The summed E-state index contributed by atoms with van der Waals surface area (Å²) in [5.41, 5.74) is 0. The second kappa shape index (κ2) is 12.0. The minimum Gasteiger partial charge on any atom is -0.493 e. The molecule has 0 aromatic rings. The van der Waals surface area contributed by atoms with E-state index in [1.54, 1.807) is 0 Å². The zero-order valence-corrected chi connectivity index (χ0v) is 25.5. The van der Waals surface area contributed by atoms with Crippen molar-refractivity contribution in [2.75, 3.05) is 6.61 Å². The molecule has 3 atom stereocenters. The molecule has 0 aliphatic carbocycles. The molecule has 0 unspecified atom stereocenters. The lowest BCUT2D eigenvalue weighted by molar-refractivity contribution is -0.0669. The molecule has 0 saturated heterocycles. The quantitative estimate of drug-likeness (QED) is 0.249. The summed E-state index contributed by atoms with van der Waals surface area (Å²) in [4.78, 5) is 0. The summed E-state index contributed by atoms with van der Waals surface area (Å²) in [7, 11) is -5.48. The molecule has 0 aromatic heterocycles. The standard InChI is InChI=1S/C24H52O4Si3/c1-12-30(13-2,14-3)27-21-18-19-25-22(20-26-29(10,11)24(7,8)9)23(21)28-31(15-4,16-5)17-6/h18-19,21-23H,12-17,20H2,1-11H3/t21-,22+,23+/m0/s1. The minimum atomic E-state index is -1.87. The molecule has 7 heteroatoms. The zero-order chi connectivity index (χ0) is 23.9. The summed E-state index contributed by atoms with van der Waals surface area (Å²) >= 11 is 0. The lowest BCUT2D eigenvalue weighted by Crippen LogP contribution is -2.56. The highest BCUT2D eigenvalue weighted by Gasteiger charge is 2.45. The van der Waals surface area contributed by atoms with E-state index >= 15 is 0 Å². The van der Waals surface area contributed by atoms with Crippen LogP contribution in [0.3, 0.4) is 0 Å². The molecule has 0 saturated carbocycles. The second-order valence-electron chi connectivity index (χ2n) is 10.7. The highest BCUT2D eigenvalue weighted by molar-refractivity contribution is 6.74. The van der Waals surface area contributed by atoms with Gasteiger partial charge >= 0.3 is 0 Å². The van der Waals surface area contributed by atoms with Crippen molar-refractivity contribution in [2.45, 2.75) is 135 Å². The Morgan fingerprint density at radius 3 is 1.65 bits per heavy atom. The van der Waals surface area contributed by atoms with Gasteiger partial charge in [-0.1, -0.05) is 62.3 Å². The first-order chi connectivity index (χ1) is 14.4. The third-order valence-electron chi connectivity index (χ3n) is 8.26. The molecule has 0 amide bonds. The summed E-state index contributed by atoms with van der Waals surface area (Å²) in [5.74, 6) is 0. The summed E-state index contributed by atoms with van der Waals surface area (Å²) in [5, 5.41) is 0.174. The Balaban J connectivity index is 3.22. The van der Waals surface area contributed by atoms with Crippen molar-refractivity contribution in [1.82, 2.24) is 0 Å². The van der Waals surface area contributed by atoms with E-state index in [0.717, 1.165) is 36.3 Å². The van der Waals surface area contributed by atoms with Gasteiger partial charge in [-0.2, -0.15) is 0 Å². The van der Waals surface area contributed by atoms with Gasteiger partial charge < -0.3 is 18.0 Å². The molecule has 0 bridgehead atoms. The van der Waals surface area contributed by atoms with Crippen molar-refractivity contribution in [1.29, 1.82) is 0 Å². The fourth-order valence-corrected chi connectivity index (χ4v) is 10.8. The molecule has 0 aromatic carbocycles. The summed E-state index contributed by atoms with van der Waals surface area (Å²) in [6.07, 6.45) is 3.72. The minimum absolute atomic E-state index is 0.0372. The monoisotopic (exact) mass is 488 g/mol. The van der Waals surface area contributed by atoms with Crippen LogP contribution in [0.15, 0.2) is 12.3 Å². The van der Waals surface area contributed by atoms with Crippen LogP contribution in [0.1, 0.15) is 62.3 Å². The highest BCUT2D eigenvalue weighted by Crippen LogP contribution is 2.38. The Morgan fingerprint density at radius 1 is 0.774 bits per heavy atom. The maximum Gasteiger partial charge on any atom is 0.193 e. The normalized spacial score (nSPS) is 23.1. The molecule has 31 heavy (non-hydrogen) atoms. The molecule has 1 rings (SSSR count). The molecule has 4 nitrogen and oxygen atoms in total. The largest absolute Gasteiger partial charge is 0.493 e. The van der Waals surface area contributed by atoms with Crippen LogP contribution in [-0.2, 0) is 18.0 Å². The van der Waals surface area contributed by atoms with Crippen molar-refractivity contribution in [3.8, 4) is 0 Å². The Labute approximate surface area is 196 Å². The Kier molecular flexibility index (Phi) is 11.2. The molecule has 0 fully saturated rings.